The minimum atomic E-state index is -0.943. The van der Waals surface area contributed by atoms with Crippen molar-refractivity contribution in [3.8, 4) is 0 Å². The Kier molecular flexibility index (Phi) is 2.84. The number of aromatic nitrogens is 1. The van der Waals surface area contributed by atoms with E-state index in [2.05, 4.69) is 5.32 Å². The molecular formula is C14H18N2O3. The van der Waals surface area contributed by atoms with Crippen molar-refractivity contribution >= 4 is 11.9 Å². The molecule has 1 heterocycles. The summed E-state index contributed by atoms with van der Waals surface area (Å²) in [6.45, 7) is 0.554. The van der Waals surface area contributed by atoms with Gasteiger partial charge in [0.05, 0.1) is 0 Å². The van der Waals surface area contributed by atoms with Gasteiger partial charge in [-0.1, -0.05) is 0 Å². The Morgan fingerprint density at radius 1 is 1.42 bits per heavy atom. The van der Waals surface area contributed by atoms with Crippen molar-refractivity contribution in [3.63, 3.8) is 0 Å². The third kappa shape index (κ3) is 2.50. The molecule has 2 N–H and O–H groups in total. The molecule has 2 fully saturated rings. The van der Waals surface area contributed by atoms with E-state index in [9.17, 15) is 9.59 Å². The molecule has 2 aliphatic rings. The second-order valence-corrected chi connectivity index (χ2v) is 5.73. The van der Waals surface area contributed by atoms with Crippen LogP contribution in [-0.2, 0) is 11.3 Å². The quantitative estimate of drug-likeness (QED) is 0.816. The molecule has 2 saturated carbocycles. The van der Waals surface area contributed by atoms with Crippen LogP contribution >= 0.6 is 0 Å². The molecule has 0 spiro atoms. The van der Waals surface area contributed by atoms with Crippen molar-refractivity contribution in [2.24, 2.45) is 11.3 Å². The lowest BCUT2D eigenvalue weighted by Gasteiger charge is -2.15. The van der Waals surface area contributed by atoms with E-state index in [1.165, 1.54) is 30.3 Å². The Labute approximate surface area is 111 Å². The molecule has 5 heteroatoms. The van der Waals surface area contributed by atoms with Gasteiger partial charge in [0.15, 0.2) is 0 Å². The van der Waals surface area contributed by atoms with Crippen LogP contribution in [0.4, 0.5) is 0 Å². The lowest BCUT2D eigenvalue weighted by Crippen LogP contribution is -2.32. The number of carbonyl (C=O) groups is 2. The van der Waals surface area contributed by atoms with Crippen molar-refractivity contribution in [1.82, 2.24) is 9.88 Å². The Morgan fingerprint density at radius 3 is 2.74 bits per heavy atom. The fourth-order valence-corrected chi connectivity index (χ4v) is 2.84. The number of hydrogen-bond acceptors (Lipinski definition) is 2. The predicted molar refractivity (Wildman–Crippen MR) is 68.8 cm³/mol. The molecule has 0 unspecified atom stereocenters. The maximum atomic E-state index is 12.1. The monoisotopic (exact) mass is 262 g/mol. The van der Waals surface area contributed by atoms with Crippen LogP contribution in [0.5, 0.6) is 0 Å². The molecule has 0 aliphatic heterocycles. The van der Waals surface area contributed by atoms with Gasteiger partial charge in [-0.05, 0) is 49.1 Å². The number of amides is 1. The third-order valence-corrected chi connectivity index (χ3v) is 4.30. The van der Waals surface area contributed by atoms with Gasteiger partial charge in [0.25, 0.3) is 5.91 Å². The topological polar surface area (TPSA) is 71.3 Å². The zero-order chi connectivity index (χ0) is 13.5. The van der Waals surface area contributed by atoms with Crippen LogP contribution in [0.15, 0.2) is 18.3 Å². The predicted octanol–water partition coefficient (Wildman–Crippen LogP) is 1.49. The molecule has 1 amide bonds. The molecule has 5 nitrogen and oxygen atoms in total. The van der Waals surface area contributed by atoms with E-state index in [0.717, 1.165) is 12.5 Å². The number of nitrogens with one attached hydrogen (secondary N) is 1. The summed E-state index contributed by atoms with van der Waals surface area (Å²) in [5, 5.41) is 11.8. The van der Waals surface area contributed by atoms with Crippen LogP contribution in [0.2, 0.25) is 0 Å². The summed E-state index contributed by atoms with van der Waals surface area (Å²) in [6.07, 6.45) is 6.65. The van der Waals surface area contributed by atoms with Gasteiger partial charge in [0.2, 0.25) is 0 Å². The number of nitrogens with zero attached hydrogens (tertiary/aromatic N) is 1. The summed E-state index contributed by atoms with van der Waals surface area (Å²) in [4.78, 5) is 22.8. The number of hydrogen-bond donors (Lipinski definition) is 2. The highest BCUT2D eigenvalue weighted by atomic mass is 16.4. The van der Waals surface area contributed by atoms with E-state index in [1.807, 2.05) is 0 Å². The summed E-state index contributed by atoms with van der Waals surface area (Å²) in [7, 11) is 0. The third-order valence-electron chi connectivity index (χ3n) is 4.30. The first-order valence-electron chi connectivity index (χ1n) is 6.76. The Morgan fingerprint density at radius 2 is 2.16 bits per heavy atom. The molecular weight excluding hydrogens is 244 g/mol. The molecule has 0 saturated heterocycles. The van der Waals surface area contributed by atoms with E-state index in [1.54, 1.807) is 18.3 Å². The second-order valence-electron chi connectivity index (χ2n) is 5.73. The highest BCUT2D eigenvalue weighted by molar-refractivity contribution is 5.93. The maximum absolute atomic E-state index is 12.1. The summed E-state index contributed by atoms with van der Waals surface area (Å²) in [5.41, 5.74) is 0.786. The SMILES string of the molecule is O=C(O)Cn1cccc1C(=O)NCC1(C2CC2)CC1. The Hall–Kier alpha value is -1.78. The van der Waals surface area contributed by atoms with Gasteiger partial charge in [-0.25, -0.2) is 0 Å². The molecule has 0 radical (unpaired) electrons. The van der Waals surface area contributed by atoms with Crippen LogP contribution in [0.25, 0.3) is 0 Å². The van der Waals surface area contributed by atoms with Gasteiger partial charge in [0.1, 0.15) is 12.2 Å². The molecule has 102 valence electrons. The van der Waals surface area contributed by atoms with Crippen LogP contribution < -0.4 is 5.32 Å². The van der Waals surface area contributed by atoms with Crippen molar-refractivity contribution in [2.75, 3.05) is 6.54 Å². The fourth-order valence-electron chi connectivity index (χ4n) is 2.84. The number of aliphatic carboxylic acids is 1. The standard InChI is InChI=1S/C14H18N2O3/c17-12(18)8-16-7-1-2-11(16)13(19)15-9-14(5-6-14)10-3-4-10/h1-2,7,10H,3-6,8-9H2,(H,15,19)(H,17,18). The summed E-state index contributed by atoms with van der Waals surface area (Å²) in [5.74, 6) is -0.307. The van der Waals surface area contributed by atoms with E-state index >= 15 is 0 Å². The van der Waals surface area contributed by atoms with Crippen molar-refractivity contribution in [3.05, 3.63) is 24.0 Å². The summed E-state index contributed by atoms with van der Waals surface area (Å²) in [6, 6.07) is 3.36. The van der Waals surface area contributed by atoms with Gasteiger partial charge < -0.3 is 15.0 Å². The largest absolute Gasteiger partial charge is 0.480 e. The van der Waals surface area contributed by atoms with E-state index in [4.69, 9.17) is 5.11 Å². The summed E-state index contributed by atoms with van der Waals surface area (Å²) >= 11 is 0. The number of carbonyl (C=O) groups excluding carboxylic acids is 1. The van der Waals surface area contributed by atoms with E-state index in [-0.39, 0.29) is 12.5 Å². The first-order valence-corrected chi connectivity index (χ1v) is 6.76. The molecule has 0 atom stereocenters. The fraction of sp³-hybridized carbons (Fsp3) is 0.571. The highest BCUT2D eigenvalue weighted by Gasteiger charge is 2.53. The average Bonchev–Trinajstić information content (AvgIpc) is 3.24. The lowest BCUT2D eigenvalue weighted by molar-refractivity contribution is -0.137. The highest BCUT2D eigenvalue weighted by Crippen LogP contribution is 2.60. The number of carboxylic acids is 1. The first kappa shape index (κ1) is 12.3. The molecule has 19 heavy (non-hydrogen) atoms. The molecule has 0 aromatic carbocycles. The van der Waals surface area contributed by atoms with Crippen LogP contribution in [0, 0.1) is 11.3 Å². The van der Waals surface area contributed by atoms with Crippen LogP contribution in [0.3, 0.4) is 0 Å². The molecule has 2 aliphatic carbocycles. The van der Waals surface area contributed by atoms with Crippen molar-refractivity contribution < 1.29 is 14.7 Å². The van der Waals surface area contributed by atoms with E-state index in [0.29, 0.717) is 11.1 Å². The van der Waals surface area contributed by atoms with Crippen molar-refractivity contribution in [2.45, 2.75) is 32.2 Å². The summed E-state index contributed by atoms with van der Waals surface area (Å²) < 4.78 is 1.47. The lowest BCUT2D eigenvalue weighted by atomic mass is 10.0. The van der Waals surface area contributed by atoms with Gasteiger partial charge in [-0.3, -0.25) is 9.59 Å². The van der Waals surface area contributed by atoms with Crippen LogP contribution in [-0.4, -0.2) is 28.1 Å². The first-order chi connectivity index (χ1) is 9.11. The minimum absolute atomic E-state index is 0.168. The Bertz CT molecular complexity index is 513. The van der Waals surface area contributed by atoms with Gasteiger partial charge >= 0.3 is 5.97 Å². The minimum Gasteiger partial charge on any atom is -0.480 e. The molecule has 1 aromatic heterocycles. The van der Waals surface area contributed by atoms with Gasteiger partial charge in [0, 0.05) is 12.7 Å². The maximum Gasteiger partial charge on any atom is 0.323 e. The van der Waals surface area contributed by atoms with Gasteiger partial charge in [-0.2, -0.15) is 0 Å². The van der Waals surface area contributed by atoms with Gasteiger partial charge in [-0.15, -0.1) is 0 Å². The average molecular weight is 262 g/mol. The van der Waals surface area contributed by atoms with Crippen molar-refractivity contribution in [1.29, 1.82) is 0 Å². The molecule has 1 aromatic rings. The van der Waals surface area contributed by atoms with Crippen LogP contribution in [0.1, 0.15) is 36.2 Å². The smallest absolute Gasteiger partial charge is 0.323 e. The Balaban J connectivity index is 1.61. The molecule has 0 bridgehead atoms. The number of carboxylic acid groups (broad SMARTS) is 1. The zero-order valence-corrected chi connectivity index (χ0v) is 10.8. The second kappa shape index (κ2) is 4.40. The van der Waals surface area contributed by atoms with E-state index < -0.39 is 5.97 Å². The number of rotatable bonds is 6. The zero-order valence-electron chi connectivity index (χ0n) is 10.8. The molecule has 3 rings (SSSR count). The normalized spacial score (nSPS) is 20.0.